The highest BCUT2D eigenvalue weighted by atomic mass is 16.6. The van der Waals surface area contributed by atoms with Crippen LogP contribution in [0.5, 0.6) is 0 Å². The van der Waals surface area contributed by atoms with Crippen molar-refractivity contribution in [3.8, 4) is 0 Å². The average Bonchev–Trinajstić information content (AvgIpc) is 2.95. The number of ether oxygens (including phenoxy) is 1. The van der Waals surface area contributed by atoms with Gasteiger partial charge in [-0.25, -0.2) is 0 Å². The first-order chi connectivity index (χ1) is 10.9. The van der Waals surface area contributed by atoms with E-state index in [1.807, 2.05) is 0 Å². The third kappa shape index (κ3) is 2.55. The lowest BCUT2D eigenvalue weighted by Crippen LogP contribution is -2.45. The molecule has 1 aromatic rings. The van der Waals surface area contributed by atoms with Crippen molar-refractivity contribution in [3.05, 3.63) is 39.9 Å². The number of fused-ring (bicyclic) bond motifs is 1. The molecule has 2 heterocycles. The van der Waals surface area contributed by atoms with Crippen LogP contribution in [0.25, 0.3) is 0 Å². The van der Waals surface area contributed by atoms with Gasteiger partial charge in [0.2, 0.25) is 0 Å². The van der Waals surface area contributed by atoms with E-state index in [0.29, 0.717) is 19.6 Å². The van der Waals surface area contributed by atoms with E-state index in [-0.39, 0.29) is 36.2 Å². The van der Waals surface area contributed by atoms with Gasteiger partial charge >= 0.3 is 5.97 Å². The molecule has 2 fully saturated rings. The van der Waals surface area contributed by atoms with E-state index in [1.165, 1.54) is 29.2 Å². The van der Waals surface area contributed by atoms with Crippen molar-refractivity contribution in [3.63, 3.8) is 0 Å². The minimum Gasteiger partial charge on any atom is -0.481 e. The maximum Gasteiger partial charge on any atom is 0.311 e. The van der Waals surface area contributed by atoms with Crippen LogP contribution in [0.2, 0.25) is 0 Å². The van der Waals surface area contributed by atoms with Crippen molar-refractivity contribution in [2.45, 2.75) is 6.42 Å². The zero-order chi connectivity index (χ0) is 16.6. The summed E-state index contributed by atoms with van der Waals surface area (Å²) in [5.41, 5.74) is -0.947. The van der Waals surface area contributed by atoms with Crippen molar-refractivity contribution in [2.75, 3.05) is 26.3 Å². The Bertz CT molecular complexity index is 676. The molecule has 2 aliphatic rings. The number of likely N-dealkylation sites (tertiary alicyclic amines) is 1. The zero-order valence-corrected chi connectivity index (χ0v) is 12.3. The van der Waals surface area contributed by atoms with E-state index in [1.54, 1.807) is 0 Å². The Kier molecular flexibility index (Phi) is 3.77. The van der Waals surface area contributed by atoms with Crippen molar-refractivity contribution in [1.82, 2.24) is 4.90 Å². The van der Waals surface area contributed by atoms with Crippen molar-refractivity contribution in [1.29, 1.82) is 0 Å². The molecule has 0 unspecified atom stereocenters. The number of carbonyl (C=O) groups is 2. The lowest BCUT2D eigenvalue weighted by Gasteiger charge is -2.33. The normalized spacial score (nSPS) is 26.6. The second-order valence-electron chi connectivity index (χ2n) is 5.98. The number of nitro groups is 1. The van der Waals surface area contributed by atoms with E-state index in [2.05, 4.69) is 0 Å². The molecule has 2 atom stereocenters. The van der Waals surface area contributed by atoms with Crippen LogP contribution in [-0.4, -0.2) is 53.1 Å². The van der Waals surface area contributed by atoms with Crippen LogP contribution in [0, 0.1) is 21.4 Å². The quantitative estimate of drug-likeness (QED) is 0.661. The van der Waals surface area contributed by atoms with Gasteiger partial charge in [-0.15, -0.1) is 0 Å². The van der Waals surface area contributed by atoms with E-state index in [4.69, 9.17) is 4.74 Å². The summed E-state index contributed by atoms with van der Waals surface area (Å²) in [5, 5.41) is 20.4. The number of aliphatic carboxylic acids is 1. The Morgan fingerprint density at radius 2 is 2.22 bits per heavy atom. The molecule has 0 aliphatic carbocycles. The maximum atomic E-state index is 12.6. The number of non-ortho nitro benzene ring substituents is 1. The van der Waals surface area contributed by atoms with Crippen molar-refractivity contribution < 1.29 is 24.4 Å². The Hall–Kier alpha value is -2.48. The third-order valence-electron chi connectivity index (χ3n) is 4.72. The fraction of sp³-hybridized carbons (Fsp3) is 0.467. The molecule has 0 bridgehead atoms. The number of rotatable bonds is 3. The number of nitro benzene ring substituents is 1. The van der Waals surface area contributed by atoms with Crippen LogP contribution >= 0.6 is 0 Å². The van der Waals surface area contributed by atoms with Gasteiger partial charge in [-0.05, 0) is 12.5 Å². The summed E-state index contributed by atoms with van der Waals surface area (Å²) in [4.78, 5) is 36.1. The van der Waals surface area contributed by atoms with Crippen LogP contribution in [-0.2, 0) is 9.53 Å². The summed E-state index contributed by atoms with van der Waals surface area (Å²) >= 11 is 0. The van der Waals surface area contributed by atoms with Gasteiger partial charge in [-0.3, -0.25) is 19.7 Å². The Balaban J connectivity index is 1.85. The van der Waals surface area contributed by atoms with Crippen LogP contribution in [0.15, 0.2) is 24.3 Å². The molecular weight excluding hydrogens is 304 g/mol. The molecule has 3 rings (SSSR count). The van der Waals surface area contributed by atoms with Gasteiger partial charge in [0.15, 0.2) is 0 Å². The molecule has 1 amide bonds. The largest absolute Gasteiger partial charge is 0.481 e. The number of carbonyl (C=O) groups excluding carboxylic acids is 1. The van der Waals surface area contributed by atoms with E-state index in [9.17, 15) is 24.8 Å². The molecule has 8 nitrogen and oxygen atoms in total. The number of carboxylic acid groups (broad SMARTS) is 1. The fourth-order valence-corrected chi connectivity index (χ4v) is 3.39. The summed E-state index contributed by atoms with van der Waals surface area (Å²) in [6.07, 6.45) is 0.367. The van der Waals surface area contributed by atoms with Gasteiger partial charge in [0, 0.05) is 43.3 Å². The first kappa shape index (κ1) is 15.4. The Labute approximate surface area is 131 Å². The average molecular weight is 320 g/mol. The topological polar surface area (TPSA) is 110 Å². The van der Waals surface area contributed by atoms with Gasteiger partial charge in [-0.1, -0.05) is 6.07 Å². The van der Waals surface area contributed by atoms with Gasteiger partial charge in [0.05, 0.1) is 16.9 Å². The minimum atomic E-state index is -0.978. The van der Waals surface area contributed by atoms with Crippen LogP contribution in [0.1, 0.15) is 16.8 Å². The molecule has 1 aromatic carbocycles. The maximum absolute atomic E-state index is 12.6. The molecule has 0 saturated carbocycles. The first-order valence-corrected chi connectivity index (χ1v) is 7.29. The molecule has 0 spiro atoms. The molecule has 0 radical (unpaired) electrons. The fourth-order valence-electron chi connectivity index (χ4n) is 3.39. The Morgan fingerprint density at radius 1 is 1.43 bits per heavy atom. The van der Waals surface area contributed by atoms with Crippen molar-refractivity contribution >= 4 is 17.6 Å². The molecule has 23 heavy (non-hydrogen) atoms. The van der Waals surface area contributed by atoms with Gasteiger partial charge in [-0.2, -0.15) is 0 Å². The van der Waals surface area contributed by atoms with Gasteiger partial charge < -0.3 is 14.7 Å². The Morgan fingerprint density at radius 3 is 2.87 bits per heavy atom. The smallest absolute Gasteiger partial charge is 0.311 e. The predicted molar refractivity (Wildman–Crippen MR) is 78.0 cm³/mol. The molecule has 1 N–H and O–H groups in total. The number of carboxylic acids is 1. The molecule has 2 aliphatic heterocycles. The van der Waals surface area contributed by atoms with Crippen molar-refractivity contribution in [2.24, 2.45) is 11.3 Å². The third-order valence-corrected chi connectivity index (χ3v) is 4.72. The summed E-state index contributed by atoms with van der Waals surface area (Å²) in [6, 6.07) is 5.48. The highest BCUT2D eigenvalue weighted by molar-refractivity contribution is 5.95. The van der Waals surface area contributed by atoms with E-state index >= 15 is 0 Å². The number of amides is 1. The van der Waals surface area contributed by atoms with Crippen LogP contribution in [0.3, 0.4) is 0 Å². The second kappa shape index (κ2) is 5.62. The second-order valence-corrected chi connectivity index (χ2v) is 5.98. The molecule has 8 heteroatoms. The summed E-state index contributed by atoms with van der Waals surface area (Å²) in [5.74, 6) is -1.56. The summed E-state index contributed by atoms with van der Waals surface area (Å²) in [7, 11) is 0. The number of hydrogen-bond acceptors (Lipinski definition) is 5. The highest BCUT2D eigenvalue weighted by Crippen LogP contribution is 2.42. The first-order valence-electron chi connectivity index (χ1n) is 7.29. The zero-order valence-electron chi connectivity index (χ0n) is 12.3. The van der Waals surface area contributed by atoms with Gasteiger partial charge in [0.25, 0.3) is 11.6 Å². The standard InChI is InChI=1S/C15H16N2O6/c18-13(10-2-1-3-12(6-10)17(21)22)16-7-11-8-23-5-4-15(11,9-16)14(19)20/h1-3,6,11H,4-5,7-9H2,(H,19,20)/t11-,15+/m0/s1. The number of nitrogens with zero attached hydrogens (tertiary/aromatic N) is 2. The lowest BCUT2D eigenvalue weighted by molar-refractivity contribution is -0.384. The van der Waals surface area contributed by atoms with E-state index < -0.39 is 16.3 Å². The molecule has 122 valence electrons. The molecule has 0 aromatic heterocycles. The minimum absolute atomic E-state index is 0.109. The van der Waals surface area contributed by atoms with Crippen LogP contribution < -0.4 is 0 Å². The SMILES string of the molecule is O=C(c1cccc([N+](=O)[O-])c1)N1C[C@H]2COCC[C@@]2(C(=O)O)C1. The number of hydrogen-bond donors (Lipinski definition) is 1. The predicted octanol–water partition coefficient (Wildman–Crippen LogP) is 1.16. The molecular formula is C15H16N2O6. The summed E-state index contributed by atoms with van der Waals surface area (Å²) in [6.45, 7) is 1.07. The summed E-state index contributed by atoms with van der Waals surface area (Å²) < 4.78 is 5.35. The van der Waals surface area contributed by atoms with Gasteiger partial charge in [0.1, 0.15) is 0 Å². The monoisotopic (exact) mass is 320 g/mol. The number of benzene rings is 1. The molecule has 2 saturated heterocycles. The highest BCUT2D eigenvalue weighted by Gasteiger charge is 2.54. The van der Waals surface area contributed by atoms with Crippen LogP contribution in [0.4, 0.5) is 5.69 Å². The van der Waals surface area contributed by atoms with E-state index in [0.717, 1.165) is 0 Å². The lowest BCUT2D eigenvalue weighted by atomic mass is 9.74.